The Morgan fingerprint density at radius 2 is 2.10 bits per heavy atom. The first kappa shape index (κ1) is 14.1. The van der Waals surface area contributed by atoms with Crippen molar-refractivity contribution in [3.8, 4) is 0 Å². The Labute approximate surface area is 121 Å². The van der Waals surface area contributed by atoms with Crippen LogP contribution in [-0.4, -0.2) is 11.9 Å². The molecule has 5 nitrogen and oxygen atoms in total. The fraction of sp³-hybridized carbons (Fsp3) is 0.143. The number of hydrogen-bond donors (Lipinski definition) is 2. The first-order valence-corrected chi connectivity index (χ1v) is 6.92. The molecule has 0 aliphatic heterocycles. The molecule has 1 aromatic heterocycles. The van der Waals surface area contributed by atoms with Crippen LogP contribution < -0.4 is 16.0 Å². The van der Waals surface area contributed by atoms with Crippen LogP contribution in [0.4, 0.5) is 16.2 Å². The predicted molar refractivity (Wildman–Crippen MR) is 80.6 cm³/mol. The number of carbonyl (C=O) groups is 2. The molecule has 0 spiro atoms. The highest BCUT2D eigenvalue weighted by Crippen LogP contribution is 2.18. The molecule has 0 aliphatic rings. The van der Waals surface area contributed by atoms with Gasteiger partial charge in [-0.1, -0.05) is 12.1 Å². The lowest BCUT2D eigenvalue weighted by Gasteiger charge is -2.19. The molecule has 20 heavy (non-hydrogen) atoms. The maximum absolute atomic E-state index is 12.1. The molecule has 2 rings (SSSR count). The van der Waals surface area contributed by atoms with Crippen molar-refractivity contribution in [3.63, 3.8) is 0 Å². The van der Waals surface area contributed by atoms with E-state index >= 15 is 0 Å². The van der Waals surface area contributed by atoms with Gasteiger partial charge in [-0.15, -0.1) is 11.3 Å². The molecule has 1 heterocycles. The number of anilines is 2. The highest BCUT2D eigenvalue weighted by molar-refractivity contribution is 7.09. The first-order valence-electron chi connectivity index (χ1n) is 6.04. The van der Waals surface area contributed by atoms with Gasteiger partial charge < -0.3 is 11.1 Å². The maximum atomic E-state index is 12.1. The highest BCUT2D eigenvalue weighted by atomic mass is 32.1. The van der Waals surface area contributed by atoms with E-state index in [1.807, 2.05) is 17.5 Å². The molecule has 0 aliphatic carbocycles. The summed E-state index contributed by atoms with van der Waals surface area (Å²) in [5, 5.41) is 4.65. The molecular formula is C14H15N3O2S. The number of urea groups is 1. The molecule has 0 saturated carbocycles. The van der Waals surface area contributed by atoms with Crippen LogP contribution in [-0.2, 0) is 11.3 Å². The molecule has 6 heteroatoms. The molecule has 1 aromatic carbocycles. The summed E-state index contributed by atoms with van der Waals surface area (Å²) in [6, 6.07) is 10.0. The molecule has 104 valence electrons. The van der Waals surface area contributed by atoms with Gasteiger partial charge in [-0.05, 0) is 29.6 Å². The topological polar surface area (TPSA) is 75.4 Å². The zero-order chi connectivity index (χ0) is 14.5. The molecular weight excluding hydrogens is 274 g/mol. The third-order valence-corrected chi connectivity index (χ3v) is 3.52. The number of rotatable bonds is 3. The summed E-state index contributed by atoms with van der Waals surface area (Å²) in [4.78, 5) is 25.9. The quantitative estimate of drug-likeness (QED) is 0.853. The minimum Gasteiger partial charge on any atom is -0.399 e. The lowest BCUT2D eigenvalue weighted by Crippen LogP contribution is -2.42. The third-order valence-electron chi connectivity index (χ3n) is 2.64. The van der Waals surface area contributed by atoms with Crippen molar-refractivity contribution >= 4 is 34.6 Å². The molecule has 0 atom stereocenters. The van der Waals surface area contributed by atoms with E-state index in [9.17, 15) is 9.59 Å². The van der Waals surface area contributed by atoms with Crippen molar-refractivity contribution in [2.24, 2.45) is 0 Å². The van der Waals surface area contributed by atoms with Crippen LogP contribution in [0.15, 0.2) is 41.8 Å². The summed E-state index contributed by atoms with van der Waals surface area (Å²) in [5.74, 6) is -0.362. The Morgan fingerprint density at radius 3 is 2.70 bits per heavy atom. The lowest BCUT2D eigenvalue weighted by atomic mass is 10.2. The van der Waals surface area contributed by atoms with Gasteiger partial charge in [0.15, 0.2) is 0 Å². The van der Waals surface area contributed by atoms with Gasteiger partial charge in [0.05, 0.1) is 12.2 Å². The number of nitrogens with two attached hydrogens (primary N) is 1. The summed E-state index contributed by atoms with van der Waals surface area (Å²) in [5.41, 5.74) is 6.64. The largest absolute Gasteiger partial charge is 0.399 e. The Bertz CT molecular complexity index is 611. The molecule has 0 fully saturated rings. The van der Waals surface area contributed by atoms with Gasteiger partial charge in [0.25, 0.3) is 0 Å². The van der Waals surface area contributed by atoms with Crippen molar-refractivity contribution in [1.82, 2.24) is 5.32 Å². The smallest absolute Gasteiger partial charge is 0.329 e. The van der Waals surface area contributed by atoms with E-state index in [1.165, 1.54) is 6.92 Å². The summed E-state index contributed by atoms with van der Waals surface area (Å²) < 4.78 is 0. The number of benzene rings is 1. The summed E-state index contributed by atoms with van der Waals surface area (Å²) in [6.07, 6.45) is 0. The SMILES string of the molecule is CC(=O)N(C(=O)NCc1cccs1)c1cccc(N)c1. The number of amides is 3. The Morgan fingerprint density at radius 1 is 1.30 bits per heavy atom. The van der Waals surface area contributed by atoms with Gasteiger partial charge in [0, 0.05) is 17.5 Å². The molecule has 0 radical (unpaired) electrons. The Balaban J connectivity index is 2.12. The maximum Gasteiger partial charge on any atom is 0.329 e. The van der Waals surface area contributed by atoms with Crippen LogP contribution in [0.1, 0.15) is 11.8 Å². The highest BCUT2D eigenvalue weighted by Gasteiger charge is 2.20. The second-order valence-corrected chi connectivity index (χ2v) is 5.22. The number of carbonyl (C=O) groups excluding carboxylic acids is 2. The van der Waals surface area contributed by atoms with Crippen LogP contribution >= 0.6 is 11.3 Å². The van der Waals surface area contributed by atoms with E-state index in [2.05, 4.69) is 5.32 Å². The molecule has 0 bridgehead atoms. The van der Waals surface area contributed by atoms with E-state index in [1.54, 1.807) is 35.6 Å². The third kappa shape index (κ3) is 3.36. The molecule has 2 aromatic rings. The molecule has 3 N–H and O–H groups in total. The van der Waals surface area contributed by atoms with Gasteiger partial charge in [0.2, 0.25) is 5.91 Å². The van der Waals surface area contributed by atoms with E-state index in [-0.39, 0.29) is 5.91 Å². The average molecular weight is 289 g/mol. The van der Waals surface area contributed by atoms with Gasteiger partial charge in [0.1, 0.15) is 0 Å². The van der Waals surface area contributed by atoms with E-state index in [0.29, 0.717) is 17.9 Å². The standard InChI is InChI=1S/C14H15N3O2S/c1-10(18)17(12-5-2-4-11(15)8-12)14(19)16-9-13-6-3-7-20-13/h2-8H,9,15H2,1H3,(H,16,19). The number of imide groups is 1. The van der Waals surface area contributed by atoms with E-state index < -0.39 is 6.03 Å². The number of hydrogen-bond acceptors (Lipinski definition) is 4. The Hall–Kier alpha value is -2.34. The minimum absolute atomic E-state index is 0.362. The van der Waals surface area contributed by atoms with Gasteiger partial charge in [-0.3, -0.25) is 4.79 Å². The zero-order valence-corrected chi connectivity index (χ0v) is 11.8. The van der Waals surface area contributed by atoms with Crippen LogP contribution in [0.5, 0.6) is 0 Å². The fourth-order valence-corrected chi connectivity index (χ4v) is 2.41. The van der Waals surface area contributed by atoms with E-state index in [0.717, 1.165) is 9.78 Å². The molecule has 3 amide bonds. The van der Waals surface area contributed by atoms with Crippen molar-refractivity contribution in [2.45, 2.75) is 13.5 Å². The van der Waals surface area contributed by atoms with Crippen LogP contribution in [0.2, 0.25) is 0 Å². The second-order valence-electron chi connectivity index (χ2n) is 4.19. The number of nitrogens with zero attached hydrogens (tertiary/aromatic N) is 1. The van der Waals surface area contributed by atoms with Gasteiger partial charge in [-0.25, -0.2) is 9.69 Å². The van der Waals surface area contributed by atoms with Crippen molar-refractivity contribution in [3.05, 3.63) is 46.7 Å². The lowest BCUT2D eigenvalue weighted by molar-refractivity contribution is -0.115. The number of nitrogen functional groups attached to an aromatic ring is 1. The number of nitrogens with one attached hydrogen (secondary N) is 1. The Kier molecular flexibility index (Phi) is 4.37. The van der Waals surface area contributed by atoms with Crippen molar-refractivity contribution in [2.75, 3.05) is 10.6 Å². The normalized spacial score (nSPS) is 10.1. The second kappa shape index (κ2) is 6.21. The average Bonchev–Trinajstić information content (AvgIpc) is 2.89. The van der Waals surface area contributed by atoms with Gasteiger partial charge >= 0.3 is 6.03 Å². The molecule has 0 saturated heterocycles. The zero-order valence-electron chi connectivity index (χ0n) is 11.0. The first-order chi connectivity index (χ1) is 9.58. The van der Waals surface area contributed by atoms with Gasteiger partial charge in [-0.2, -0.15) is 0 Å². The summed E-state index contributed by atoms with van der Waals surface area (Å²) >= 11 is 1.55. The summed E-state index contributed by atoms with van der Waals surface area (Å²) in [7, 11) is 0. The monoisotopic (exact) mass is 289 g/mol. The minimum atomic E-state index is -0.462. The number of thiophene rings is 1. The van der Waals surface area contributed by atoms with Crippen LogP contribution in [0.3, 0.4) is 0 Å². The molecule has 0 unspecified atom stereocenters. The van der Waals surface area contributed by atoms with Crippen LogP contribution in [0.25, 0.3) is 0 Å². The summed E-state index contributed by atoms with van der Waals surface area (Å²) in [6.45, 7) is 1.73. The van der Waals surface area contributed by atoms with E-state index in [4.69, 9.17) is 5.73 Å². The fourth-order valence-electron chi connectivity index (χ4n) is 1.76. The predicted octanol–water partition coefficient (Wildman–Crippen LogP) is 2.59. The van der Waals surface area contributed by atoms with Crippen LogP contribution in [0, 0.1) is 0 Å². The van der Waals surface area contributed by atoms with Crippen molar-refractivity contribution in [1.29, 1.82) is 0 Å². The van der Waals surface area contributed by atoms with Crippen molar-refractivity contribution < 1.29 is 9.59 Å².